The Kier molecular flexibility index (Phi) is 4.49. The van der Waals surface area contributed by atoms with Gasteiger partial charge in [0.25, 0.3) is 5.91 Å². The van der Waals surface area contributed by atoms with Crippen molar-refractivity contribution >= 4 is 11.7 Å². The minimum atomic E-state index is 0.0151. The summed E-state index contributed by atoms with van der Waals surface area (Å²) in [6.07, 6.45) is 1.61. The van der Waals surface area contributed by atoms with E-state index in [1.54, 1.807) is 30.3 Å². The van der Waals surface area contributed by atoms with Crippen LogP contribution in [-0.2, 0) is 0 Å². The lowest BCUT2D eigenvalue weighted by molar-refractivity contribution is 0.0707. The zero-order chi connectivity index (χ0) is 13.0. The third-order valence-corrected chi connectivity index (χ3v) is 3.16. The van der Waals surface area contributed by atoms with E-state index in [2.05, 4.69) is 31.1 Å². The van der Waals surface area contributed by atoms with E-state index in [0.717, 1.165) is 5.82 Å². The van der Waals surface area contributed by atoms with Gasteiger partial charge in [-0.2, -0.15) is 0 Å². The van der Waals surface area contributed by atoms with Gasteiger partial charge in [-0.25, -0.2) is 4.98 Å². The lowest BCUT2D eigenvalue weighted by atomic mass is 10.0. The third-order valence-electron chi connectivity index (χ3n) is 3.16. The number of anilines is 1. The summed E-state index contributed by atoms with van der Waals surface area (Å²) in [6, 6.07) is 3.82. The zero-order valence-corrected chi connectivity index (χ0v) is 11.2. The molecular weight excluding hydrogens is 214 g/mol. The number of amides is 1. The van der Waals surface area contributed by atoms with Crippen molar-refractivity contribution in [1.29, 1.82) is 0 Å². The highest BCUT2D eigenvalue weighted by Crippen LogP contribution is 2.13. The molecule has 4 nitrogen and oxygen atoms in total. The lowest BCUT2D eigenvalue weighted by Gasteiger charge is -2.28. The summed E-state index contributed by atoms with van der Waals surface area (Å²) in [5.41, 5.74) is 0.624. The molecule has 17 heavy (non-hydrogen) atoms. The predicted molar refractivity (Wildman–Crippen MR) is 70.2 cm³/mol. The molecule has 0 saturated heterocycles. The summed E-state index contributed by atoms with van der Waals surface area (Å²) in [5.74, 6) is 1.22. The van der Waals surface area contributed by atoms with Crippen LogP contribution in [0.5, 0.6) is 0 Å². The van der Waals surface area contributed by atoms with Crippen molar-refractivity contribution in [3.05, 3.63) is 23.9 Å². The van der Waals surface area contributed by atoms with Gasteiger partial charge in [0, 0.05) is 26.3 Å². The van der Waals surface area contributed by atoms with Crippen LogP contribution in [0.4, 0.5) is 5.82 Å². The van der Waals surface area contributed by atoms with Crippen LogP contribution in [0.1, 0.15) is 31.1 Å². The Labute approximate surface area is 103 Å². The Hall–Kier alpha value is -1.58. The van der Waals surface area contributed by atoms with Crippen molar-refractivity contribution in [1.82, 2.24) is 9.88 Å². The summed E-state index contributed by atoms with van der Waals surface area (Å²) in [6.45, 7) is 6.27. The molecule has 0 spiro atoms. The fourth-order valence-corrected chi connectivity index (χ4v) is 1.50. The highest BCUT2D eigenvalue weighted by molar-refractivity contribution is 5.94. The Morgan fingerprint density at radius 1 is 1.35 bits per heavy atom. The summed E-state index contributed by atoms with van der Waals surface area (Å²) in [7, 11) is 3.63. The number of pyridine rings is 1. The van der Waals surface area contributed by atoms with E-state index in [9.17, 15) is 4.79 Å². The van der Waals surface area contributed by atoms with Crippen LogP contribution in [0.2, 0.25) is 0 Å². The molecule has 1 unspecified atom stereocenters. The molecule has 0 bridgehead atoms. The fourth-order valence-electron chi connectivity index (χ4n) is 1.50. The molecule has 1 amide bonds. The summed E-state index contributed by atoms with van der Waals surface area (Å²) in [5, 5.41) is 2.93. The van der Waals surface area contributed by atoms with Crippen LogP contribution in [-0.4, -0.2) is 35.9 Å². The maximum Gasteiger partial charge on any atom is 0.255 e. The van der Waals surface area contributed by atoms with Crippen molar-refractivity contribution in [3.8, 4) is 0 Å². The average Bonchev–Trinajstić information content (AvgIpc) is 2.36. The van der Waals surface area contributed by atoms with Gasteiger partial charge in [0.05, 0.1) is 5.56 Å². The first-order chi connectivity index (χ1) is 7.97. The SMILES string of the molecule is CNc1ccc(C(=O)N(C)C(C)C(C)C)cn1. The molecule has 0 fully saturated rings. The molecule has 0 aliphatic carbocycles. The monoisotopic (exact) mass is 235 g/mol. The second-order valence-electron chi connectivity index (χ2n) is 4.58. The van der Waals surface area contributed by atoms with Gasteiger partial charge in [-0.05, 0) is 25.0 Å². The number of nitrogens with one attached hydrogen (secondary N) is 1. The molecule has 0 radical (unpaired) electrons. The van der Waals surface area contributed by atoms with Gasteiger partial charge in [-0.15, -0.1) is 0 Å². The first-order valence-electron chi connectivity index (χ1n) is 5.88. The molecule has 1 aromatic rings. The first kappa shape index (κ1) is 13.5. The van der Waals surface area contributed by atoms with Crippen LogP contribution in [0.25, 0.3) is 0 Å². The number of carbonyl (C=O) groups is 1. The Bertz CT molecular complexity index is 373. The van der Waals surface area contributed by atoms with Gasteiger partial charge < -0.3 is 10.2 Å². The number of hydrogen-bond acceptors (Lipinski definition) is 3. The van der Waals surface area contributed by atoms with Crippen LogP contribution in [0.3, 0.4) is 0 Å². The van der Waals surface area contributed by atoms with Crippen LogP contribution >= 0.6 is 0 Å². The fraction of sp³-hybridized carbons (Fsp3) is 0.538. The molecule has 4 heteroatoms. The molecule has 1 atom stereocenters. The van der Waals surface area contributed by atoms with Gasteiger partial charge >= 0.3 is 0 Å². The second kappa shape index (κ2) is 5.66. The summed E-state index contributed by atoms with van der Waals surface area (Å²) in [4.78, 5) is 18.1. The van der Waals surface area contributed by atoms with Crippen molar-refractivity contribution in [2.24, 2.45) is 5.92 Å². The van der Waals surface area contributed by atoms with E-state index in [-0.39, 0.29) is 11.9 Å². The number of hydrogen-bond donors (Lipinski definition) is 1. The maximum absolute atomic E-state index is 12.2. The molecule has 0 saturated carbocycles. The van der Waals surface area contributed by atoms with Gasteiger partial charge in [-0.1, -0.05) is 13.8 Å². The number of aromatic nitrogens is 1. The second-order valence-corrected chi connectivity index (χ2v) is 4.58. The highest BCUT2D eigenvalue weighted by Gasteiger charge is 2.19. The topological polar surface area (TPSA) is 45.2 Å². The molecule has 1 heterocycles. The number of rotatable bonds is 4. The van der Waals surface area contributed by atoms with Crippen LogP contribution < -0.4 is 5.32 Å². The smallest absolute Gasteiger partial charge is 0.255 e. The quantitative estimate of drug-likeness (QED) is 0.870. The largest absolute Gasteiger partial charge is 0.373 e. The van der Waals surface area contributed by atoms with E-state index >= 15 is 0 Å². The summed E-state index contributed by atoms with van der Waals surface area (Å²) >= 11 is 0. The van der Waals surface area contributed by atoms with E-state index < -0.39 is 0 Å². The number of carbonyl (C=O) groups excluding carboxylic acids is 1. The van der Waals surface area contributed by atoms with Gasteiger partial charge in [0.1, 0.15) is 5.82 Å². The van der Waals surface area contributed by atoms with Crippen molar-refractivity contribution < 1.29 is 4.79 Å². The van der Waals surface area contributed by atoms with E-state index in [4.69, 9.17) is 0 Å². The Morgan fingerprint density at radius 3 is 2.41 bits per heavy atom. The number of nitrogens with zero attached hydrogens (tertiary/aromatic N) is 2. The van der Waals surface area contributed by atoms with E-state index in [0.29, 0.717) is 11.5 Å². The van der Waals surface area contributed by atoms with Crippen molar-refractivity contribution in [2.45, 2.75) is 26.8 Å². The van der Waals surface area contributed by atoms with E-state index in [1.807, 2.05) is 7.05 Å². The zero-order valence-electron chi connectivity index (χ0n) is 11.2. The van der Waals surface area contributed by atoms with Crippen molar-refractivity contribution in [2.75, 3.05) is 19.4 Å². The molecule has 1 aromatic heterocycles. The molecule has 94 valence electrons. The normalized spacial score (nSPS) is 12.4. The standard InChI is InChI=1S/C13H21N3O/c1-9(2)10(3)16(5)13(17)11-6-7-12(14-4)15-8-11/h6-10H,1-5H3,(H,14,15). The molecular formula is C13H21N3O. The molecule has 1 N–H and O–H groups in total. The first-order valence-corrected chi connectivity index (χ1v) is 5.88. The van der Waals surface area contributed by atoms with E-state index in [1.165, 1.54) is 0 Å². The maximum atomic E-state index is 12.2. The minimum Gasteiger partial charge on any atom is -0.373 e. The molecule has 0 aromatic carbocycles. The molecule has 0 aliphatic rings. The van der Waals surface area contributed by atoms with Crippen LogP contribution in [0, 0.1) is 5.92 Å². The molecule has 1 rings (SSSR count). The van der Waals surface area contributed by atoms with Gasteiger partial charge in [0.15, 0.2) is 0 Å². The minimum absolute atomic E-state index is 0.0151. The van der Waals surface area contributed by atoms with Gasteiger partial charge in [-0.3, -0.25) is 4.79 Å². The molecule has 0 aliphatic heterocycles. The highest BCUT2D eigenvalue weighted by atomic mass is 16.2. The Balaban J connectivity index is 2.81. The van der Waals surface area contributed by atoms with Gasteiger partial charge in [0.2, 0.25) is 0 Å². The third kappa shape index (κ3) is 3.19. The lowest BCUT2D eigenvalue weighted by Crippen LogP contribution is -2.38. The Morgan fingerprint density at radius 2 is 2.00 bits per heavy atom. The average molecular weight is 235 g/mol. The predicted octanol–water partition coefficient (Wildman–Crippen LogP) is 2.24. The summed E-state index contributed by atoms with van der Waals surface area (Å²) < 4.78 is 0. The van der Waals surface area contributed by atoms with Crippen LogP contribution in [0.15, 0.2) is 18.3 Å². The van der Waals surface area contributed by atoms with Crippen molar-refractivity contribution in [3.63, 3.8) is 0 Å².